The monoisotopic (exact) mass is 826 g/mol. The van der Waals surface area contributed by atoms with E-state index in [-0.39, 0.29) is 35.1 Å². The van der Waals surface area contributed by atoms with Crippen LogP contribution in [-0.4, -0.2) is 112 Å². The summed E-state index contributed by atoms with van der Waals surface area (Å²) in [5.74, 6) is 1.59. The lowest BCUT2D eigenvalue weighted by atomic mass is 9.89. The third kappa shape index (κ3) is 9.28. The van der Waals surface area contributed by atoms with Crippen molar-refractivity contribution >= 4 is 45.2 Å². The van der Waals surface area contributed by atoms with Crippen LogP contribution in [-0.2, 0) is 14.2 Å². The Morgan fingerprint density at radius 2 is 1.22 bits per heavy atom. The zero-order valence-electron chi connectivity index (χ0n) is 32.8. The molecule has 17 nitrogen and oxygen atoms in total. The topological polar surface area (TPSA) is 194 Å². The number of carbonyl (C=O) groups excluding carboxylic acids is 2. The molecule has 55 heavy (non-hydrogen) atoms. The number of aromatic amines is 2. The lowest BCUT2D eigenvalue weighted by Gasteiger charge is -2.33. The zero-order chi connectivity index (χ0) is 39.8. The SMILES string of the molecule is Cc1[nH]c2nc(Br)nn2c(=O)c1C1CCN(C(=O)OC(C)(C)C)CC1.Cc1[nH]c2nc(C3=CCOCC3)nn2c(=O)c1C1CCN(C(=O)OC(C)(C)C)CC1. The number of likely N-dealkylation sites (tertiary alicyclic amines) is 2. The molecule has 2 saturated heterocycles. The summed E-state index contributed by atoms with van der Waals surface area (Å²) in [4.78, 5) is 69.0. The van der Waals surface area contributed by atoms with Crippen molar-refractivity contribution in [1.82, 2.24) is 49.0 Å². The minimum Gasteiger partial charge on any atom is -0.444 e. The van der Waals surface area contributed by atoms with Crippen LogP contribution in [0.25, 0.3) is 17.1 Å². The fourth-order valence-electron chi connectivity index (χ4n) is 7.25. The van der Waals surface area contributed by atoms with Gasteiger partial charge in [0.25, 0.3) is 11.1 Å². The molecule has 0 aromatic carbocycles. The first-order valence-electron chi connectivity index (χ1n) is 18.8. The Labute approximate surface area is 327 Å². The normalized spacial score (nSPS) is 17.6. The van der Waals surface area contributed by atoms with E-state index in [1.54, 1.807) is 9.80 Å². The summed E-state index contributed by atoms with van der Waals surface area (Å²) in [6.07, 6.45) is 4.94. The third-order valence-electron chi connectivity index (χ3n) is 9.80. The number of aryl methyl sites for hydroxylation is 2. The molecule has 4 aromatic rings. The first-order chi connectivity index (χ1) is 25.9. The molecule has 4 aromatic heterocycles. The highest BCUT2D eigenvalue weighted by atomic mass is 79.9. The first-order valence-corrected chi connectivity index (χ1v) is 19.6. The van der Waals surface area contributed by atoms with E-state index in [0.717, 1.165) is 28.9 Å². The Hall–Kier alpha value is -4.58. The van der Waals surface area contributed by atoms with Crippen LogP contribution in [0.3, 0.4) is 0 Å². The standard InChI is InChI=1S/C21H29N5O4.C16H22BrN5O3/c1-13-16(14-5-9-25(10-6-14)20(28)30-21(2,3)4)18(27)26-19(22-13)23-17(24-26)15-7-11-29-12-8-15;1-9-11(12(23)22-14(18-9)19-13(17)20-22)10-5-7-21(8-6-10)15(24)25-16(2,3)4/h7,14H,5-6,8-12H2,1-4H3,(H,22,23,24);10H,5-8H2,1-4H3,(H,18,19,20). The van der Waals surface area contributed by atoms with Crippen LogP contribution < -0.4 is 11.1 Å². The van der Waals surface area contributed by atoms with Gasteiger partial charge in [0.2, 0.25) is 16.3 Å². The number of halogens is 1. The number of amides is 2. The van der Waals surface area contributed by atoms with Gasteiger partial charge in [-0.1, -0.05) is 6.08 Å². The van der Waals surface area contributed by atoms with Crippen LogP contribution >= 0.6 is 15.9 Å². The van der Waals surface area contributed by atoms with Gasteiger partial charge in [0.05, 0.1) is 13.2 Å². The Morgan fingerprint density at radius 1 is 0.764 bits per heavy atom. The number of hydrogen-bond donors (Lipinski definition) is 2. The van der Waals surface area contributed by atoms with Gasteiger partial charge in [-0.3, -0.25) is 9.59 Å². The molecule has 0 atom stereocenters. The number of piperidine rings is 2. The van der Waals surface area contributed by atoms with E-state index in [4.69, 9.17) is 14.2 Å². The largest absolute Gasteiger partial charge is 0.444 e. The first kappa shape index (κ1) is 40.1. The van der Waals surface area contributed by atoms with E-state index < -0.39 is 11.2 Å². The van der Waals surface area contributed by atoms with E-state index in [2.05, 4.69) is 46.1 Å². The number of hydrogen-bond acceptors (Lipinski definition) is 11. The van der Waals surface area contributed by atoms with Gasteiger partial charge in [0, 0.05) is 48.7 Å². The van der Waals surface area contributed by atoms with E-state index in [9.17, 15) is 19.2 Å². The molecule has 18 heteroatoms. The second-order valence-electron chi connectivity index (χ2n) is 16.3. The van der Waals surface area contributed by atoms with Crippen molar-refractivity contribution in [3.05, 3.63) is 59.9 Å². The van der Waals surface area contributed by atoms with Gasteiger partial charge in [0.1, 0.15) is 11.2 Å². The predicted octanol–water partition coefficient (Wildman–Crippen LogP) is 5.25. The van der Waals surface area contributed by atoms with Crippen molar-refractivity contribution < 1.29 is 23.8 Å². The van der Waals surface area contributed by atoms with E-state index in [0.29, 0.717) is 92.8 Å². The van der Waals surface area contributed by atoms with Crippen molar-refractivity contribution in [3.8, 4) is 0 Å². The Bertz CT molecular complexity index is 2210. The quantitative estimate of drug-likeness (QED) is 0.274. The number of nitrogens with one attached hydrogen (secondary N) is 2. The van der Waals surface area contributed by atoms with Gasteiger partial charge in [-0.25, -0.2) is 9.59 Å². The van der Waals surface area contributed by atoms with Crippen LogP contribution in [0, 0.1) is 13.8 Å². The Balaban J connectivity index is 0.000000190. The van der Waals surface area contributed by atoms with E-state index >= 15 is 0 Å². The molecule has 0 unspecified atom stereocenters. The summed E-state index contributed by atoms with van der Waals surface area (Å²) in [6, 6.07) is 0. The molecule has 0 spiro atoms. The van der Waals surface area contributed by atoms with Gasteiger partial charge in [0.15, 0.2) is 5.82 Å². The number of nitrogens with zero attached hydrogens (tertiary/aromatic N) is 8. The summed E-state index contributed by atoms with van der Waals surface area (Å²) in [5.41, 5.74) is 2.74. The number of fused-ring (bicyclic) bond motifs is 2. The summed E-state index contributed by atoms with van der Waals surface area (Å²) in [6.45, 7) is 18.3. The van der Waals surface area contributed by atoms with Crippen molar-refractivity contribution in [2.75, 3.05) is 39.4 Å². The van der Waals surface area contributed by atoms with Gasteiger partial charge in [-0.2, -0.15) is 19.0 Å². The van der Waals surface area contributed by atoms with Gasteiger partial charge >= 0.3 is 12.2 Å². The molecule has 2 fully saturated rings. The van der Waals surface area contributed by atoms with Crippen LogP contribution in [0.5, 0.6) is 0 Å². The molecule has 3 aliphatic rings. The van der Waals surface area contributed by atoms with Gasteiger partial charge in [-0.05, 0) is 121 Å². The number of H-pyrrole nitrogens is 2. The smallest absolute Gasteiger partial charge is 0.410 e. The molecule has 7 heterocycles. The van der Waals surface area contributed by atoms with Crippen LogP contribution in [0.4, 0.5) is 9.59 Å². The molecule has 0 saturated carbocycles. The maximum atomic E-state index is 13.2. The molecule has 0 radical (unpaired) electrons. The lowest BCUT2D eigenvalue weighted by molar-refractivity contribution is 0.0194. The van der Waals surface area contributed by atoms with E-state index in [1.807, 2.05) is 61.5 Å². The van der Waals surface area contributed by atoms with Crippen molar-refractivity contribution in [3.63, 3.8) is 0 Å². The molecule has 3 aliphatic heterocycles. The second-order valence-corrected chi connectivity index (χ2v) is 17.0. The molecule has 2 amide bonds. The summed E-state index contributed by atoms with van der Waals surface area (Å²) < 4.78 is 19.3. The van der Waals surface area contributed by atoms with Crippen LogP contribution in [0.2, 0.25) is 0 Å². The summed E-state index contributed by atoms with van der Waals surface area (Å²) >= 11 is 3.19. The molecule has 2 N–H and O–H groups in total. The molecule has 298 valence electrons. The fraction of sp³-hybridized carbons (Fsp3) is 0.622. The maximum Gasteiger partial charge on any atom is 0.410 e. The highest BCUT2D eigenvalue weighted by molar-refractivity contribution is 9.10. The minimum atomic E-state index is -0.516. The summed E-state index contributed by atoms with van der Waals surface area (Å²) in [5, 5.41) is 8.56. The molecule has 0 aliphatic carbocycles. The van der Waals surface area contributed by atoms with Gasteiger partial charge in [-0.15, -0.1) is 10.2 Å². The molecule has 0 bridgehead atoms. The zero-order valence-corrected chi connectivity index (χ0v) is 34.4. The van der Waals surface area contributed by atoms with Crippen LogP contribution in [0.15, 0.2) is 20.4 Å². The molecular weight excluding hydrogens is 776 g/mol. The fourth-order valence-corrected chi connectivity index (χ4v) is 7.57. The van der Waals surface area contributed by atoms with Crippen molar-refractivity contribution in [1.29, 1.82) is 0 Å². The van der Waals surface area contributed by atoms with Crippen LogP contribution in [0.1, 0.15) is 114 Å². The van der Waals surface area contributed by atoms with Crippen molar-refractivity contribution in [2.24, 2.45) is 0 Å². The second kappa shape index (κ2) is 15.9. The Morgan fingerprint density at radius 3 is 1.65 bits per heavy atom. The number of carbonyl (C=O) groups is 2. The molecule has 7 rings (SSSR count). The maximum absolute atomic E-state index is 13.2. The predicted molar refractivity (Wildman–Crippen MR) is 207 cm³/mol. The number of rotatable bonds is 3. The van der Waals surface area contributed by atoms with Gasteiger partial charge < -0.3 is 34.0 Å². The minimum absolute atomic E-state index is 0.0618. The number of ether oxygens (including phenoxy) is 3. The number of aromatic nitrogens is 8. The summed E-state index contributed by atoms with van der Waals surface area (Å²) in [7, 11) is 0. The highest BCUT2D eigenvalue weighted by Gasteiger charge is 2.32. The Kier molecular flexibility index (Phi) is 11.6. The average molecular weight is 828 g/mol. The third-order valence-corrected chi connectivity index (χ3v) is 10.1. The van der Waals surface area contributed by atoms with E-state index in [1.165, 1.54) is 9.03 Å². The lowest BCUT2D eigenvalue weighted by Crippen LogP contribution is -2.42. The molecular formula is C37H51BrN10O7. The highest BCUT2D eigenvalue weighted by Crippen LogP contribution is 2.30. The van der Waals surface area contributed by atoms with Crippen molar-refractivity contribution in [2.45, 2.75) is 111 Å². The average Bonchev–Trinajstić information content (AvgIpc) is 3.71.